The van der Waals surface area contributed by atoms with Gasteiger partial charge >= 0.3 is 11.5 Å². The summed E-state index contributed by atoms with van der Waals surface area (Å²) in [5, 5.41) is 14.6. The van der Waals surface area contributed by atoms with Gasteiger partial charge < -0.3 is 25.2 Å². The van der Waals surface area contributed by atoms with E-state index in [2.05, 4.69) is 10.6 Å². The minimum atomic E-state index is -5.64. The summed E-state index contributed by atoms with van der Waals surface area (Å²) < 4.78 is 89.5. The molecule has 6 rings (SSSR count). The van der Waals surface area contributed by atoms with Gasteiger partial charge in [-0.1, -0.05) is 18.2 Å². The maximum Gasteiger partial charge on any atom is 0.501 e. The molecule has 3 aromatic rings. The monoisotopic (exact) mass is 690 g/mol. The Balaban J connectivity index is 1.24. The summed E-state index contributed by atoms with van der Waals surface area (Å²) in [7, 11) is -4.36. The zero-order valence-electron chi connectivity index (χ0n) is 25.3. The number of carboxylic acid groups (broad SMARTS) is 1. The molecule has 2 aliphatic carbocycles. The molecular weight excluding hydrogens is 660 g/mol. The first-order chi connectivity index (χ1) is 22.7. The van der Waals surface area contributed by atoms with Crippen molar-refractivity contribution >= 4 is 33.3 Å². The van der Waals surface area contributed by atoms with Crippen molar-refractivity contribution in [1.82, 2.24) is 5.32 Å². The summed E-state index contributed by atoms with van der Waals surface area (Å²) in [6.45, 7) is 0.167. The molecular formula is C33H30F4N2O8S. The van der Waals surface area contributed by atoms with Crippen LogP contribution in [0, 0.1) is 23.6 Å². The molecule has 2 fully saturated rings. The Morgan fingerprint density at radius 3 is 2.50 bits per heavy atom. The average Bonchev–Trinajstić information content (AvgIpc) is 3.75. The zero-order valence-corrected chi connectivity index (χ0v) is 26.2. The largest absolute Gasteiger partial charge is 0.501 e. The Morgan fingerprint density at radius 1 is 1.04 bits per heavy atom. The molecule has 1 aliphatic heterocycles. The van der Waals surface area contributed by atoms with Crippen LogP contribution in [0.25, 0.3) is 11.1 Å². The molecule has 2 saturated carbocycles. The van der Waals surface area contributed by atoms with Crippen molar-refractivity contribution in [3.05, 3.63) is 71.5 Å². The van der Waals surface area contributed by atoms with Crippen LogP contribution in [0.4, 0.5) is 23.2 Å². The van der Waals surface area contributed by atoms with E-state index in [-0.39, 0.29) is 53.3 Å². The molecule has 0 spiro atoms. The minimum absolute atomic E-state index is 0.00828. The number of aliphatic carboxylic acids is 1. The van der Waals surface area contributed by atoms with Crippen molar-refractivity contribution in [2.45, 2.75) is 48.0 Å². The van der Waals surface area contributed by atoms with Gasteiger partial charge in [0, 0.05) is 34.8 Å². The highest BCUT2D eigenvalue weighted by molar-refractivity contribution is 7.92. The molecule has 0 aromatic heterocycles. The van der Waals surface area contributed by atoms with Crippen LogP contribution in [0.15, 0.2) is 59.5 Å². The van der Waals surface area contributed by atoms with Crippen molar-refractivity contribution in [2.24, 2.45) is 17.8 Å². The average molecular weight is 691 g/mol. The van der Waals surface area contributed by atoms with E-state index in [1.165, 1.54) is 19.2 Å². The molecule has 3 N–H and O–H groups in total. The lowest BCUT2D eigenvalue weighted by molar-refractivity contribution is -0.137. The highest BCUT2D eigenvalue weighted by Crippen LogP contribution is 2.49. The second-order valence-electron chi connectivity index (χ2n) is 12.2. The Bertz CT molecular complexity index is 1920. The van der Waals surface area contributed by atoms with Gasteiger partial charge in [-0.2, -0.15) is 13.2 Å². The molecule has 10 nitrogen and oxygen atoms in total. The maximum absolute atomic E-state index is 15.4. The molecule has 2 amide bonds. The Hall–Kier alpha value is -4.66. The fourth-order valence-corrected chi connectivity index (χ4v) is 7.96. The fourth-order valence-electron chi connectivity index (χ4n) is 7.15. The number of alkyl halides is 3. The number of carboxylic acids is 1. The number of anilines is 1. The van der Waals surface area contributed by atoms with Crippen molar-refractivity contribution in [3.63, 3.8) is 0 Å². The van der Waals surface area contributed by atoms with Crippen LogP contribution >= 0.6 is 0 Å². The van der Waals surface area contributed by atoms with Crippen molar-refractivity contribution in [3.8, 4) is 22.6 Å². The van der Waals surface area contributed by atoms with Gasteiger partial charge in [-0.3, -0.25) is 14.4 Å². The molecule has 48 heavy (non-hydrogen) atoms. The first-order valence-corrected chi connectivity index (χ1v) is 16.6. The number of fused-ring (bicyclic) bond motifs is 3. The summed E-state index contributed by atoms with van der Waals surface area (Å²) in [6.07, 6.45) is 1.91. The number of hydrogen-bond donors (Lipinski definition) is 3. The maximum atomic E-state index is 15.4. The van der Waals surface area contributed by atoms with Crippen LogP contribution in [0.1, 0.15) is 47.5 Å². The van der Waals surface area contributed by atoms with Gasteiger partial charge in [-0.15, -0.1) is 0 Å². The second-order valence-corrected chi connectivity index (χ2v) is 14.2. The second kappa shape index (κ2) is 12.4. The van der Waals surface area contributed by atoms with Gasteiger partial charge in [0.1, 0.15) is 17.3 Å². The normalized spacial score (nSPS) is 22.9. The Morgan fingerprint density at radius 2 is 1.79 bits per heavy atom. The van der Waals surface area contributed by atoms with Crippen LogP contribution < -0.4 is 20.1 Å². The topological polar surface area (TPSA) is 148 Å². The number of carbonyl (C=O) groups is 3. The highest BCUT2D eigenvalue weighted by Gasteiger charge is 2.52. The third kappa shape index (κ3) is 6.06. The van der Waals surface area contributed by atoms with Gasteiger partial charge in [-0.25, -0.2) is 12.8 Å². The molecule has 0 unspecified atom stereocenters. The Labute approximate surface area is 272 Å². The van der Waals surface area contributed by atoms with Crippen molar-refractivity contribution in [2.75, 3.05) is 19.0 Å². The molecule has 0 saturated heterocycles. The molecule has 3 aliphatic rings. The SMILES string of the molecule is COc1cc(F)c(-c2ccc3c(c2)OC[C@@H]3CC(=O)O)cc1C(=O)N[C@@H]1[C@H]2CC[C@H](C2)[C@@H]1C(=O)Nc1cccc(S(=O)(=O)C(F)(F)F)c1. The van der Waals surface area contributed by atoms with Gasteiger partial charge in [0.15, 0.2) is 0 Å². The number of ether oxygens (including phenoxy) is 2. The number of sulfone groups is 1. The number of methoxy groups -OCH3 is 1. The molecule has 254 valence electrons. The van der Waals surface area contributed by atoms with Crippen LogP contribution in [0.5, 0.6) is 11.5 Å². The van der Waals surface area contributed by atoms with Crippen LogP contribution in [0.2, 0.25) is 0 Å². The summed E-state index contributed by atoms with van der Waals surface area (Å²) >= 11 is 0. The van der Waals surface area contributed by atoms with Gasteiger partial charge in [0.2, 0.25) is 5.91 Å². The quantitative estimate of drug-likeness (QED) is 0.249. The summed E-state index contributed by atoms with van der Waals surface area (Å²) in [5.74, 6) is -3.85. The van der Waals surface area contributed by atoms with Crippen LogP contribution in [-0.4, -0.2) is 56.6 Å². The number of hydrogen-bond acceptors (Lipinski definition) is 7. The molecule has 5 atom stereocenters. The molecule has 3 aromatic carbocycles. The van der Waals surface area contributed by atoms with Crippen molar-refractivity contribution < 1.29 is 54.9 Å². The number of carbonyl (C=O) groups excluding carboxylic acids is 2. The molecule has 2 bridgehead atoms. The minimum Gasteiger partial charge on any atom is -0.496 e. The van der Waals surface area contributed by atoms with E-state index in [1.807, 2.05) is 0 Å². The third-order valence-electron chi connectivity index (χ3n) is 9.39. The predicted molar refractivity (Wildman–Crippen MR) is 163 cm³/mol. The number of nitrogens with one attached hydrogen (secondary N) is 2. The first-order valence-electron chi connectivity index (χ1n) is 15.1. The highest BCUT2D eigenvalue weighted by atomic mass is 32.2. The van der Waals surface area contributed by atoms with Crippen LogP contribution in [-0.2, 0) is 19.4 Å². The molecule has 15 heteroatoms. The van der Waals surface area contributed by atoms with E-state index in [0.29, 0.717) is 29.7 Å². The fraction of sp³-hybridized carbons (Fsp3) is 0.364. The lowest BCUT2D eigenvalue weighted by atomic mass is 9.83. The zero-order chi connectivity index (χ0) is 34.5. The van der Waals surface area contributed by atoms with Gasteiger partial charge in [-0.05, 0) is 67.0 Å². The van der Waals surface area contributed by atoms with E-state index < -0.39 is 55.8 Å². The predicted octanol–water partition coefficient (Wildman–Crippen LogP) is 5.53. The summed E-state index contributed by atoms with van der Waals surface area (Å²) in [4.78, 5) is 37.5. The van der Waals surface area contributed by atoms with E-state index >= 15 is 4.39 Å². The number of halogens is 4. The van der Waals surface area contributed by atoms with E-state index in [1.54, 1.807) is 18.2 Å². The van der Waals surface area contributed by atoms with E-state index in [9.17, 15) is 41.1 Å². The van der Waals surface area contributed by atoms with Crippen LogP contribution in [0.3, 0.4) is 0 Å². The first kappa shape index (κ1) is 33.2. The smallest absolute Gasteiger partial charge is 0.496 e. The summed E-state index contributed by atoms with van der Waals surface area (Å²) in [5.41, 5.74) is -4.55. The number of rotatable bonds is 9. The molecule has 1 heterocycles. The summed E-state index contributed by atoms with van der Waals surface area (Å²) in [6, 6.07) is 10.5. The van der Waals surface area contributed by atoms with E-state index in [0.717, 1.165) is 30.7 Å². The standard InChI is InChI=1S/C33H30F4N2O8S/c1-46-26-14-25(34)23(16-7-8-22-19(11-28(40)41)15-47-27(22)10-16)13-24(26)31(42)39-30-18-6-5-17(9-18)29(30)32(43)38-20-3-2-4-21(12-20)48(44,45)33(35,36)37/h2-4,7-8,10,12-14,17-19,29-30H,5-6,9,11,15H2,1H3,(H,38,43)(H,39,42)(H,40,41)/t17-,18+,19+,29+,30-/m1/s1. The number of benzene rings is 3. The van der Waals surface area contributed by atoms with E-state index in [4.69, 9.17) is 9.47 Å². The number of amides is 2. The lowest BCUT2D eigenvalue weighted by Crippen LogP contribution is -2.48. The third-order valence-corrected chi connectivity index (χ3v) is 10.9. The van der Waals surface area contributed by atoms with Gasteiger partial charge in [0.05, 0.1) is 36.5 Å². The van der Waals surface area contributed by atoms with Crippen molar-refractivity contribution in [1.29, 1.82) is 0 Å². The lowest BCUT2D eigenvalue weighted by Gasteiger charge is -2.31. The van der Waals surface area contributed by atoms with Gasteiger partial charge in [0.25, 0.3) is 15.7 Å². The Kier molecular flexibility index (Phi) is 8.60. The molecule has 0 radical (unpaired) electrons.